The van der Waals surface area contributed by atoms with E-state index in [1.54, 1.807) is 18.2 Å². The third-order valence-electron chi connectivity index (χ3n) is 2.70. The molecule has 1 unspecified atom stereocenters. The van der Waals surface area contributed by atoms with Crippen molar-refractivity contribution in [1.82, 2.24) is 0 Å². The molecule has 1 N–H and O–H groups in total. The molecule has 1 heterocycles. The molecule has 0 aromatic heterocycles. The van der Waals surface area contributed by atoms with E-state index in [-0.39, 0.29) is 17.7 Å². The van der Waals surface area contributed by atoms with Crippen LogP contribution in [-0.4, -0.2) is 17.2 Å². The molecule has 1 aliphatic heterocycles. The zero-order chi connectivity index (χ0) is 12.3. The highest BCUT2D eigenvalue weighted by atomic mass is 19.1. The first-order chi connectivity index (χ1) is 8.15. The highest BCUT2D eigenvalue weighted by Gasteiger charge is 2.21. The van der Waals surface area contributed by atoms with Gasteiger partial charge in [0.25, 0.3) is 0 Å². The van der Waals surface area contributed by atoms with Crippen LogP contribution in [0.2, 0.25) is 0 Å². The Hall–Kier alpha value is -1.84. The Labute approximate surface area is 98.5 Å². The van der Waals surface area contributed by atoms with Gasteiger partial charge in [0.2, 0.25) is 0 Å². The molecule has 90 valence electrons. The van der Waals surface area contributed by atoms with Crippen molar-refractivity contribution < 1.29 is 19.0 Å². The summed E-state index contributed by atoms with van der Waals surface area (Å²) in [4.78, 5) is 11.0. The lowest BCUT2D eigenvalue weighted by Gasteiger charge is -2.20. The number of carbonyl (C=O) groups is 1. The molecule has 0 amide bonds. The number of rotatable bonds is 3. The Morgan fingerprint density at radius 3 is 2.88 bits per heavy atom. The summed E-state index contributed by atoms with van der Waals surface area (Å²) in [7, 11) is 0. The van der Waals surface area contributed by atoms with E-state index in [2.05, 4.69) is 0 Å². The van der Waals surface area contributed by atoms with E-state index in [4.69, 9.17) is 4.74 Å². The molecule has 4 heteroatoms. The van der Waals surface area contributed by atoms with Crippen molar-refractivity contribution in [3.8, 4) is 0 Å². The van der Waals surface area contributed by atoms with Gasteiger partial charge >= 0.3 is 5.97 Å². The number of benzene rings is 1. The van der Waals surface area contributed by atoms with E-state index in [9.17, 15) is 14.3 Å². The van der Waals surface area contributed by atoms with Crippen molar-refractivity contribution in [2.45, 2.75) is 25.4 Å². The Bertz CT molecular complexity index is 454. The Balaban J connectivity index is 1.93. The molecule has 0 radical (unpaired) electrons. The van der Waals surface area contributed by atoms with E-state index in [1.807, 2.05) is 0 Å². The number of ether oxygens (including phenoxy) is 1. The van der Waals surface area contributed by atoms with E-state index >= 15 is 0 Å². The molecule has 1 atom stereocenters. The molecule has 1 aliphatic rings. The van der Waals surface area contributed by atoms with Crippen LogP contribution in [-0.2, 0) is 16.0 Å². The lowest BCUT2D eigenvalue weighted by Crippen LogP contribution is -2.23. The molecule has 17 heavy (non-hydrogen) atoms. The summed E-state index contributed by atoms with van der Waals surface area (Å²) >= 11 is 0. The second kappa shape index (κ2) is 4.99. The summed E-state index contributed by atoms with van der Waals surface area (Å²) in [5.74, 6) is -0.763. The molecule has 1 aromatic carbocycles. The second-order valence-electron chi connectivity index (χ2n) is 4.03. The van der Waals surface area contributed by atoms with Gasteiger partial charge in [0.1, 0.15) is 17.7 Å². The number of hydrogen-bond donors (Lipinski definition) is 1. The maximum atomic E-state index is 13.3. The minimum Gasteiger partial charge on any atom is -0.512 e. The lowest BCUT2D eigenvalue weighted by atomic mass is 10.0. The van der Waals surface area contributed by atoms with Gasteiger partial charge in [-0.05, 0) is 24.5 Å². The molecule has 1 aromatic rings. The molecule has 0 saturated carbocycles. The van der Waals surface area contributed by atoms with Crippen molar-refractivity contribution >= 4 is 5.97 Å². The van der Waals surface area contributed by atoms with Gasteiger partial charge in [-0.2, -0.15) is 0 Å². The van der Waals surface area contributed by atoms with Crippen molar-refractivity contribution in [3.63, 3.8) is 0 Å². The molecule has 0 saturated heterocycles. The lowest BCUT2D eigenvalue weighted by molar-refractivity contribution is -0.145. The van der Waals surface area contributed by atoms with Gasteiger partial charge < -0.3 is 9.84 Å². The van der Waals surface area contributed by atoms with E-state index < -0.39 is 5.97 Å². The van der Waals surface area contributed by atoms with Gasteiger partial charge in [-0.1, -0.05) is 18.2 Å². The predicted octanol–water partition coefficient (Wildman–Crippen LogP) is 2.52. The van der Waals surface area contributed by atoms with Crippen LogP contribution in [0.25, 0.3) is 0 Å². The first-order valence-electron chi connectivity index (χ1n) is 5.48. The number of aliphatic hydroxyl groups is 1. The highest BCUT2D eigenvalue weighted by molar-refractivity contribution is 5.83. The number of esters is 1. The maximum Gasteiger partial charge on any atom is 0.334 e. The van der Waals surface area contributed by atoms with Crippen molar-refractivity contribution in [2.75, 3.05) is 0 Å². The normalized spacial score (nSPS) is 19.7. The summed E-state index contributed by atoms with van der Waals surface area (Å²) in [6.07, 6.45) is 1.99. The van der Waals surface area contributed by atoms with E-state index in [1.165, 1.54) is 6.07 Å². The zero-order valence-corrected chi connectivity index (χ0v) is 9.23. The molecule has 0 bridgehead atoms. The number of aryl methyl sites for hydroxylation is 1. The van der Waals surface area contributed by atoms with Gasteiger partial charge in [-0.15, -0.1) is 0 Å². The van der Waals surface area contributed by atoms with Gasteiger partial charge in [-0.25, -0.2) is 9.18 Å². The monoisotopic (exact) mass is 236 g/mol. The number of aliphatic hydroxyl groups excluding tert-OH is 1. The van der Waals surface area contributed by atoms with Crippen LogP contribution in [0.1, 0.15) is 18.4 Å². The molecule has 3 nitrogen and oxygen atoms in total. The zero-order valence-electron chi connectivity index (χ0n) is 9.23. The molecule has 0 fully saturated rings. The Kier molecular flexibility index (Phi) is 3.42. The quantitative estimate of drug-likeness (QED) is 0.820. The largest absolute Gasteiger partial charge is 0.512 e. The van der Waals surface area contributed by atoms with Crippen LogP contribution in [0.5, 0.6) is 0 Å². The number of cyclic esters (lactones) is 1. The average molecular weight is 236 g/mol. The van der Waals surface area contributed by atoms with Crippen LogP contribution in [0.15, 0.2) is 36.1 Å². The van der Waals surface area contributed by atoms with Crippen molar-refractivity contribution in [3.05, 3.63) is 47.5 Å². The molecule has 0 spiro atoms. The third kappa shape index (κ3) is 3.06. The number of hydrogen-bond acceptors (Lipinski definition) is 3. The Morgan fingerprint density at radius 2 is 2.18 bits per heavy atom. The predicted molar refractivity (Wildman–Crippen MR) is 59.9 cm³/mol. The van der Waals surface area contributed by atoms with Gasteiger partial charge in [0.15, 0.2) is 0 Å². The number of halogens is 1. The summed E-state index contributed by atoms with van der Waals surface area (Å²) in [6.45, 7) is 0. The maximum absolute atomic E-state index is 13.3. The van der Waals surface area contributed by atoms with Crippen LogP contribution in [0, 0.1) is 5.82 Å². The van der Waals surface area contributed by atoms with Gasteiger partial charge in [-0.3, -0.25) is 0 Å². The summed E-state index contributed by atoms with van der Waals surface area (Å²) in [6, 6.07) is 6.51. The van der Waals surface area contributed by atoms with Gasteiger partial charge in [0.05, 0.1) is 6.08 Å². The topological polar surface area (TPSA) is 46.5 Å². The average Bonchev–Trinajstić information content (AvgIpc) is 2.27. The summed E-state index contributed by atoms with van der Waals surface area (Å²) < 4.78 is 18.3. The minimum atomic E-state index is -0.535. The van der Waals surface area contributed by atoms with Crippen molar-refractivity contribution in [1.29, 1.82) is 0 Å². The fourth-order valence-corrected chi connectivity index (χ4v) is 1.85. The molecular formula is C13H13FO3. The van der Waals surface area contributed by atoms with Gasteiger partial charge in [0, 0.05) is 6.42 Å². The standard InChI is InChI=1S/C13H13FO3/c14-12-4-2-1-3-9(12)5-6-11-7-10(15)8-13(16)17-11/h1-4,8,11,15H,5-7H2. The molecule has 2 rings (SSSR count). The SMILES string of the molecule is O=C1C=C(O)CC(CCc2ccccc2F)O1. The molecular weight excluding hydrogens is 223 g/mol. The smallest absolute Gasteiger partial charge is 0.334 e. The first-order valence-corrected chi connectivity index (χ1v) is 5.48. The summed E-state index contributed by atoms with van der Waals surface area (Å²) in [5.41, 5.74) is 0.595. The van der Waals surface area contributed by atoms with E-state index in [0.29, 0.717) is 24.8 Å². The third-order valence-corrected chi connectivity index (χ3v) is 2.70. The fraction of sp³-hybridized carbons (Fsp3) is 0.308. The minimum absolute atomic E-state index is 0.0276. The summed E-state index contributed by atoms with van der Waals surface area (Å²) in [5, 5.41) is 9.29. The van der Waals surface area contributed by atoms with Crippen LogP contribution >= 0.6 is 0 Å². The second-order valence-corrected chi connectivity index (χ2v) is 4.03. The fourth-order valence-electron chi connectivity index (χ4n) is 1.85. The molecule has 0 aliphatic carbocycles. The van der Waals surface area contributed by atoms with Crippen LogP contribution in [0.3, 0.4) is 0 Å². The highest BCUT2D eigenvalue weighted by Crippen LogP contribution is 2.19. The Morgan fingerprint density at radius 1 is 1.41 bits per heavy atom. The van der Waals surface area contributed by atoms with Crippen LogP contribution in [0.4, 0.5) is 4.39 Å². The first kappa shape index (κ1) is 11.6. The van der Waals surface area contributed by atoms with E-state index in [0.717, 1.165) is 6.08 Å². The van der Waals surface area contributed by atoms with Crippen LogP contribution < -0.4 is 0 Å². The number of carbonyl (C=O) groups excluding carboxylic acids is 1. The van der Waals surface area contributed by atoms with Crippen molar-refractivity contribution in [2.24, 2.45) is 0 Å².